The summed E-state index contributed by atoms with van der Waals surface area (Å²) in [5.74, 6) is -0.366. The molecule has 0 amide bonds. The zero-order valence-corrected chi connectivity index (χ0v) is 9.47. The Balaban J connectivity index is 2.99. The monoisotopic (exact) mass is 264 g/mol. The lowest BCUT2D eigenvalue weighted by molar-refractivity contribution is 0.631. The molecule has 0 spiro atoms. The molecule has 0 bridgehead atoms. The van der Waals surface area contributed by atoms with E-state index in [0.717, 1.165) is 5.56 Å². The van der Waals surface area contributed by atoms with Crippen molar-refractivity contribution in [1.29, 1.82) is 5.26 Å². The van der Waals surface area contributed by atoms with Gasteiger partial charge in [-0.2, -0.15) is 5.26 Å². The highest BCUT2D eigenvalue weighted by Crippen LogP contribution is 2.29. The zero-order valence-electron chi connectivity index (χ0n) is 7.88. The van der Waals surface area contributed by atoms with Crippen LogP contribution in [-0.4, -0.2) is 4.98 Å². The SMILES string of the molecule is Cc1cc2c(C#N)cncc2c(F)c1Br. The molecular formula is C11H6BrFN2. The Kier molecular flexibility index (Phi) is 2.41. The number of benzene rings is 1. The molecule has 0 fully saturated rings. The molecule has 1 heterocycles. The van der Waals surface area contributed by atoms with Crippen LogP contribution in [-0.2, 0) is 0 Å². The summed E-state index contributed by atoms with van der Waals surface area (Å²) < 4.78 is 14.2. The van der Waals surface area contributed by atoms with Crippen LogP contribution >= 0.6 is 15.9 Å². The number of nitriles is 1. The standard InChI is InChI=1S/C11H6BrFN2/c1-6-2-8-7(3-14)4-15-5-9(8)11(13)10(6)12/h2,4-5H,1H3. The van der Waals surface area contributed by atoms with Gasteiger partial charge in [-0.3, -0.25) is 4.98 Å². The maximum Gasteiger partial charge on any atom is 0.147 e. The summed E-state index contributed by atoms with van der Waals surface area (Å²) in [6, 6.07) is 3.78. The average Bonchev–Trinajstić information content (AvgIpc) is 2.25. The molecule has 2 aromatic rings. The average molecular weight is 265 g/mol. The zero-order chi connectivity index (χ0) is 11.0. The lowest BCUT2D eigenvalue weighted by Gasteiger charge is -2.05. The topological polar surface area (TPSA) is 36.7 Å². The molecule has 2 rings (SSSR count). The molecule has 0 N–H and O–H groups in total. The lowest BCUT2D eigenvalue weighted by atomic mass is 10.1. The first kappa shape index (κ1) is 10.1. The highest BCUT2D eigenvalue weighted by Gasteiger charge is 2.11. The molecule has 0 aliphatic carbocycles. The summed E-state index contributed by atoms with van der Waals surface area (Å²) in [6.45, 7) is 1.79. The number of pyridine rings is 1. The molecule has 0 unspecified atom stereocenters. The van der Waals surface area contributed by atoms with Crippen LogP contribution in [0.2, 0.25) is 0 Å². The molecule has 2 nitrogen and oxygen atoms in total. The van der Waals surface area contributed by atoms with E-state index < -0.39 is 0 Å². The summed E-state index contributed by atoms with van der Waals surface area (Å²) in [4.78, 5) is 3.83. The van der Waals surface area contributed by atoms with Crippen LogP contribution < -0.4 is 0 Å². The Hall–Kier alpha value is -1.47. The first-order chi connectivity index (χ1) is 7.15. The van der Waals surface area contributed by atoms with Gasteiger partial charge in [0.2, 0.25) is 0 Å². The van der Waals surface area contributed by atoms with Gasteiger partial charge in [-0.05, 0) is 34.5 Å². The lowest BCUT2D eigenvalue weighted by Crippen LogP contribution is -1.90. The molecule has 0 saturated heterocycles. The van der Waals surface area contributed by atoms with Crippen LogP contribution in [0, 0.1) is 24.1 Å². The highest BCUT2D eigenvalue weighted by atomic mass is 79.9. The number of aromatic nitrogens is 1. The molecule has 0 saturated carbocycles. The van der Waals surface area contributed by atoms with E-state index in [0.29, 0.717) is 20.8 Å². The molecule has 1 aromatic heterocycles. The van der Waals surface area contributed by atoms with Gasteiger partial charge in [0, 0.05) is 23.2 Å². The number of hydrogen-bond donors (Lipinski definition) is 0. The largest absolute Gasteiger partial charge is 0.263 e. The number of rotatable bonds is 0. The van der Waals surface area contributed by atoms with Gasteiger partial charge in [0.15, 0.2) is 0 Å². The van der Waals surface area contributed by atoms with Gasteiger partial charge in [0.25, 0.3) is 0 Å². The van der Waals surface area contributed by atoms with Crippen LogP contribution in [0.4, 0.5) is 4.39 Å². The molecule has 1 aromatic carbocycles. The maximum absolute atomic E-state index is 13.8. The number of hydrogen-bond acceptors (Lipinski definition) is 2. The molecule has 74 valence electrons. The van der Waals surface area contributed by atoms with E-state index in [9.17, 15) is 4.39 Å². The van der Waals surface area contributed by atoms with Crippen molar-refractivity contribution < 1.29 is 4.39 Å². The summed E-state index contributed by atoms with van der Waals surface area (Å²) >= 11 is 3.16. The molecule has 15 heavy (non-hydrogen) atoms. The van der Waals surface area contributed by atoms with E-state index in [1.807, 2.05) is 6.07 Å². The minimum absolute atomic E-state index is 0.366. The molecular weight excluding hydrogens is 259 g/mol. The second-order valence-corrected chi connectivity index (χ2v) is 4.01. The number of halogens is 2. The normalized spacial score (nSPS) is 10.3. The minimum atomic E-state index is -0.366. The smallest absolute Gasteiger partial charge is 0.147 e. The number of fused-ring (bicyclic) bond motifs is 1. The second kappa shape index (κ2) is 3.59. The summed E-state index contributed by atoms with van der Waals surface area (Å²) in [7, 11) is 0. The van der Waals surface area contributed by atoms with E-state index in [1.54, 1.807) is 13.0 Å². The van der Waals surface area contributed by atoms with Crippen molar-refractivity contribution in [2.45, 2.75) is 6.92 Å². The van der Waals surface area contributed by atoms with Crippen molar-refractivity contribution in [1.82, 2.24) is 4.98 Å². The van der Waals surface area contributed by atoms with Gasteiger partial charge in [0.1, 0.15) is 11.9 Å². The third-order valence-electron chi connectivity index (χ3n) is 2.24. The summed E-state index contributed by atoms with van der Waals surface area (Å²) in [5, 5.41) is 9.83. The van der Waals surface area contributed by atoms with Crippen molar-refractivity contribution in [3.05, 3.63) is 39.9 Å². The molecule has 0 atom stereocenters. The van der Waals surface area contributed by atoms with Gasteiger partial charge < -0.3 is 0 Å². The highest BCUT2D eigenvalue weighted by molar-refractivity contribution is 9.10. The van der Waals surface area contributed by atoms with E-state index in [1.165, 1.54) is 12.4 Å². The van der Waals surface area contributed by atoms with E-state index in [2.05, 4.69) is 20.9 Å². The molecule has 0 aliphatic rings. The van der Waals surface area contributed by atoms with Crippen molar-refractivity contribution in [3.8, 4) is 6.07 Å². The second-order valence-electron chi connectivity index (χ2n) is 3.22. The summed E-state index contributed by atoms with van der Waals surface area (Å²) in [5.41, 5.74) is 1.16. The minimum Gasteiger partial charge on any atom is -0.263 e. The Morgan fingerprint density at radius 1 is 1.40 bits per heavy atom. The molecule has 0 aliphatic heterocycles. The van der Waals surface area contributed by atoms with Crippen molar-refractivity contribution in [2.24, 2.45) is 0 Å². The van der Waals surface area contributed by atoms with E-state index in [-0.39, 0.29) is 5.82 Å². The predicted molar refractivity (Wildman–Crippen MR) is 58.9 cm³/mol. The third kappa shape index (κ3) is 1.49. The van der Waals surface area contributed by atoms with E-state index >= 15 is 0 Å². The number of nitrogens with zero attached hydrogens (tertiary/aromatic N) is 2. The fourth-order valence-corrected chi connectivity index (χ4v) is 1.79. The van der Waals surface area contributed by atoms with Crippen LogP contribution in [0.3, 0.4) is 0 Å². The van der Waals surface area contributed by atoms with Gasteiger partial charge in [-0.15, -0.1) is 0 Å². The van der Waals surface area contributed by atoms with Gasteiger partial charge >= 0.3 is 0 Å². The van der Waals surface area contributed by atoms with Crippen LogP contribution in [0.5, 0.6) is 0 Å². The Morgan fingerprint density at radius 2 is 2.13 bits per heavy atom. The van der Waals surface area contributed by atoms with Crippen molar-refractivity contribution >= 4 is 26.7 Å². The Morgan fingerprint density at radius 3 is 2.80 bits per heavy atom. The summed E-state index contributed by atoms with van der Waals surface area (Å²) in [6.07, 6.45) is 2.87. The van der Waals surface area contributed by atoms with Gasteiger partial charge in [-0.25, -0.2) is 4.39 Å². The maximum atomic E-state index is 13.8. The predicted octanol–water partition coefficient (Wildman–Crippen LogP) is 3.32. The van der Waals surface area contributed by atoms with Crippen molar-refractivity contribution in [3.63, 3.8) is 0 Å². The fraction of sp³-hybridized carbons (Fsp3) is 0.0909. The van der Waals surface area contributed by atoms with Gasteiger partial charge in [0.05, 0.1) is 10.0 Å². The van der Waals surface area contributed by atoms with Crippen LogP contribution in [0.1, 0.15) is 11.1 Å². The third-order valence-corrected chi connectivity index (χ3v) is 3.22. The fourth-order valence-electron chi connectivity index (χ4n) is 1.46. The first-order valence-electron chi connectivity index (χ1n) is 4.27. The van der Waals surface area contributed by atoms with Crippen molar-refractivity contribution in [2.75, 3.05) is 0 Å². The Bertz CT molecular complexity index is 587. The molecule has 0 radical (unpaired) electrons. The quantitative estimate of drug-likeness (QED) is 0.732. The molecule has 4 heteroatoms. The first-order valence-corrected chi connectivity index (χ1v) is 5.07. The van der Waals surface area contributed by atoms with Crippen LogP contribution in [0.25, 0.3) is 10.8 Å². The van der Waals surface area contributed by atoms with Gasteiger partial charge in [-0.1, -0.05) is 0 Å². The number of aryl methyl sites for hydroxylation is 1. The Labute approximate surface area is 94.5 Å². The van der Waals surface area contributed by atoms with E-state index in [4.69, 9.17) is 5.26 Å². The van der Waals surface area contributed by atoms with Crippen LogP contribution in [0.15, 0.2) is 22.9 Å².